The zero-order valence-electron chi connectivity index (χ0n) is 10.5. The summed E-state index contributed by atoms with van der Waals surface area (Å²) in [6, 6.07) is 2.89. The maximum Gasteiger partial charge on any atom is 0.317 e. The van der Waals surface area contributed by atoms with Gasteiger partial charge in [0.25, 0.3) is 0 Å². The zero-order chi connectivity index (χ0) is 13.6. The van der Waals surface area contributed by atoms with Crippen molar-refractivity contribution in [1.82, 2.24) is 0 Å². The highest BCUT2D eigenvalue weighted by Crippen LogP contribution is 2.47. The highest BCUT2D eigenvalue weighted by Gasteiger charge is 2.49. The Morgan fingerprint density at radius 1 is 1.37 bits per heavy atom. The predicted octanol–water partition coefficient (Wildman–Crippen LogP) is 3.25. The first-order valence-electron chi connectivity index (χ1n) is 6.33. The lowest BCUT2D eigenvalue weighted by Crippen LogP contribution is -2.46. The molecule has 3 nitrogen and oxygen atoms in total. The van der Waals surface area contributed by atoms with E-state index in [2.05, 4.69) is 15.9 Å². The first-order chi connectivity index (χ1) is 9.04. The molecule has 1 aromatic rings. The summed E-state index contributed by atoms with van der Waals surface area (Å²) < 4.78 is 25.2. The van der Waals surface area contributed by atoms with Crippen molar-refractivity contribution < 1.29 is 18.7 Å². The third-order valence-electron chi connectivity index (χ3n) is 4.04. The Morgan fingerprint density at radius 2 is 2.05 bits per heavy atom. The van der Waals surface area contributed by atoms with Gasteiger partial charge in [0.2, 0.25) is 0 Å². The summed E-state index contributed by atoms with van der Waals surface area (Å²) in [7, 11) is 0. The van der Waals surface area contributed by atoms with Crippen molar-refractivity contribution in [2.45, 2.75) is 31.3 Å². The average molecular weight is 329 g/mol. The van der Waals surface area contributed by atoms with E-state index in [4.69, 9.17) is 9.47 Å². The molecule has 0 aromatic heterocycles. The fourth-order valence-corrected chi connectivity index (χ4v) is 3.78. The van der Waals surface area contributed by atoms with Crippen molar-refractivity contribution in [2.75, 3.05) is 13.2 Å². The molecule has 5 heteroatoms. The van der Waals surface area contributed by atoms with Crippen LogP contribution in [0.25, 0.3) is 0 Å². The Kier molecular flexibility index (Phi) is 3.14. The van der Waals surface area contributed by atoms with Crippen LogP contribution in [-0.2, 0) is 19.7 Å². The first kappa shape index (κ1) is 13.1. The smallest absolute Gasteiger partial charge is 0.317 e. The van der Waals surface area contributed by atoms with Crippen molar-refractivity contribution in [3.05, 3.63) is 33.5 Å². The van der Waals surface area contributed by atoms with Crippen molar-refractivity contribution in [3.63, 3.8) is 0 Å². The molecule has 19 heavy (non-hydrogen) atoms. The molecule has 2 aliphatic heterocycles. The molecule has 1 fully saturated rings. The van der Waals surface area contributed by atoms with Crippen LogP contribution in [-0.4, -0.2) is 19.2 Å². The second-order valence-electron chi connectivity index (χ2n) is 5.09. The monoisotopic (exact) mass is 328 g/mol. The lowest BCUT2D eigenvalue weighted by Gasteiger charge is -2.42. The molecule has 1 atom stereocenters. The number of carbonyl (C=O) groups excluding carboxylic acids is 1. The van der Waals surface area contributed by atoms with Gasteiger partial charge in [-0.25, -0.2) is 4.39 Å². The van der Waals surface area contributed by atoms with Crippen LogP contribution in [0.2, 0.25) is 0 Å². The molecule has 102 valence electrons. The van der Waals surface area contributed by atoms with Crippen molar-refractivity contribution in [1.29, 1.82) is 0 Å². The maximum absolute atomic E-state index is 13.7. The summed E-state index contributed by atoms with van der Waals surface area (Å²) in [6.45, 7) is 2.81. The van der Waals surface area contributed by atoms with Gasteiger partial charge < -0.3 is 9.47 Å². The summed E-state index contributed by atoms with van der Waals surface area (Å²) >= 11 is 3.38. The Balaban J connectivity index is 2.23. The Bertz CT molecular complexity index is 538. The predicted molar refractivity (Wildman–Crippen MR) is 70.3 cm³/mol. The number of fused-ring (bicyclic) bond motifs is 2. The maximum atomic E-state index is 13.7. The van der Waals surface area contributed by atoms with E-state index in [9.17, 15) is 9.18 Å². The quantitative estimate of drug-likeness (QED) is 0.686. The second kappa shape index (κ2) is 4.56. The number of rotatable bonds is 0. The van der Waals surface area contributed by atoms with E-state index in [1.807, 2.05) is 6.92 Å². The summed E-state index contributed by atoms with van der Waals surface area (Å²) in [5.74, 6) is -0.591. The molecule has 1 unspecified atom stereocenters. The molecule has 1 aromatic carbocycles. The minimum atomic E-state index is -0.745. The molecule has 0 N–H and O–H groups in total. The molecule has 2 heterocycles. The summed E-state index contributed by atoms with van der Waals surface area (Å²) in [5.41, 5.74) is 0.888. The van der Waals surface area contributed by atoms with E-state index < -0.39 is 5.41 Å². The minimum Gasteiger partial charge on any atom is -0.457 e. The average Bonchev–Trinajstić information content (AvgIpc) is 2.36. The zero-order valence-corrected chi connectivity index (χ0v) is 12.1. The molecule has 2 aliphatic rings. The van der Waals surface area contributed by atoms with E-state index in [1.54, 1.807) is 0 Å². The van der Waals surface area contributed by atoms with Gasteiger partial charge in [-0.2, -0.15) is 0 Å². The van der Waals surface area contributed by atoms with Gasteiger partial charge in [-0.3, -0.25) is 4.79 Å². The minimum absolute atomic E-state index is 0.256. The lowest BCUT2D eigenvalue weighted by molar-refractivity contribution is -0.162. The number of carbonyl (C=O) groups is 1. The van der Waals surface area contributed by atoms with Crippen LogP contribution in [0.4, 0.5) is 4.39 Å². The van der Waals surface area contributed by atoms with Crippen LogP contribution in [0.15, 0.2) is 16.6 Å². The molecular weight excluding hydrogens is 315 g/mol. The fourth-order valence-electron chi connectivity index (χ4n) is 3.03. The van der Waals surface area contributed by atoms with Crippen LogP contribution >= 0.6 is 15.9 Å². The van der Waals surface area contributed by atoms with Crippen LogP contribution in [0.1, 0.15) is 37.0 Å². The third kappa shape index (κ3) is 1.91. The number of cyclic esters (lactones) is 1. The molecule has 0 saturated carbocycles. The van der Waals surface area contributed by atoms with E-state index in [0.29, 0.717) is 30.5 Å². The normalized spacial score (nSPS) is 25.0. The Labute approximate surface area is 119 Å². The number of benzene rings is 1. The standard InChI is InChI=1S/C14H14BrFO3/c1-8-12-10(6-9(16)7-11(12)15)14(13(17)19-8)2-4-18-5-3-14/h6-8H,2-5H2,1H3. The number of halogens is 2. The van der Waals surface area contributed by atoms with Gasteiger partial charge in [0, 0.05) is 23.2 Å². The molecule has 0 aliphatic carbocycles. The topological polar surface area (TPSA) is 35.5 Å². The molecule has 0 radical (unpaired) electrons. The van der Waals surface area contributed by atoms with Gasteiger partial charge in [-0.05, 0) is 37.5 Å². The number of ether oxygens (including phenoxy) is 2. The fraction of sp³-hybridized carbons (Fsp3) is 0.500. The van der Waals surface area contributed by atoms with Crippen molar-refractivity contribution in [3.8, 4) is 0 Å². The van der Waals surface area contributed by atoms with Crippen molar-refractivity contribution in [2.24, 2.45) is 0 Å². The van der Waals surface area contributed by atoms with Crippen molar-refractivity contribution >= 4 is 21.9 Å². The summed E-state index contributed by atoms with van der Waals surface area (Å²) in [5, 5.41) is 0. The lowest BCUT2D eigenvalue weighted by atomic mass is 9.70. The molecule has 3 rings (SSSR count). The molecule has 1 spiro atoms. The van der Waals surface area contributed by atoms with E-state index in [1.165, 1.54) is 12.1 Å². The highest BCUT2D eigenvalue weighted by molar-refractivity contribution is 9.10. The molecular formula is C14H14BrFO3. The number of hydrogen-bond donors (Lipinski definition) is 0. The first-order valence-corrected chi connectivity index (χ1v) is 7.12. The summed E-state index contributed by atoms with van der Waals surface area (Å²) in [6.07, 6.45) is 0.731. The summed E-state index contributed by atoms with van der Waals surface area (Å²) in [4.78, 5) is 12.4. The molecule has 1 saturated heterocycles. The van der Waals surface area contributed by atoms with Crippen LogP contribution in [0, 0.1) is 5.82 Å². The van der Waals surface area contributed by atoms with Gasteiger partial charge in [-0.1, -0.05) is 15.9 Å². The van der Waals surface area contributed by atoms with Crippen LogP contribution in [0.3, 0.4) is 0 Å². The Hall–Kier alpha value is -0.940. The number of hydrogen-bond acceptors (Lipinski definition) is 3. The van der Waals surface area contributed by atoms with Gasteiger partial charge in [0.15, 0.2) is 0 Å². The van der Waals surface area contributed by atoms with Gasteiger partial charge in [-0.15, -0.1) is 0 Å². The molecule has 0 bridgehead atoms. The van der Waals surface area contributed by atoms with Crippen LogP contribution < -0.4 is 0 Å². The molecule has 0 amide bonds. The Morgan fingerprint density at radius 3 is 2.74 bits per heavy atom. The third-order valence-corrected chi connectivity index (χ3v) is 4.69. The van der Waals surface area contributed by atoms with Gasteiger partial charge in [0.1, 0.15) is 11.9 Å². The van der Waals surface area contributed by atoms with E-state index in [-0.39, 0.29) is 17.9 Å². The number of esters is 1. The second-order valence-corrected chi connectivity index (χ2v) is 5.95. The largest absolute Gasteiger partial charge is 0.457 e. The van der Waals surface area contributed by atoms with E-state index >= 15 is 0 Å². The van der Waals surface area contributed by atoms with E-state index in [0.717, 1.165) is 11.1 Å². The SMILES string of the molecule is CC1OC(=O)C2(CCOCC2)c2cc(F)cc(Br)c21. The van der Waals surface area contributed by atoms with Crippen LogP contribution in [0.5, 0.6) is 0 Å². The van der Waals surface area contributed by atoms with Gasteiger partial charge in [0.05, 0.1) is 5.41 Å². The van der Waals surface area contributed by atoms with Gasteiger partial charge >= 0.3 is 5.97 Å². The highest BCUT2D eigenvalue weighted by atomic mass is 79.9.